The van der Waals surface area contributed by atoms with Crippen LogP contribution in [0.15, 0.2) is 41.8 Å². The molecule has 3 heterocycles. The van der Waals surface area contributed by atoms with Crippen molar-refractivity contribution < 1.29 is 50.5 Å². The zero-order valence-corrected chi connectivity index (χ0v) is 19.4. The van der Waals surface area contributed by atoms with Gasteiger partial charge in [-0.1, -0.05) is 18.2 Å². The number of carbonyl (C=O) groups is 2. The smallest absolute Gasteiger partial charge is 0.475 e. The summed E-state index contributed by atoms with van der Waals surface area (Å²) in [7, 11) is 0. The fraction of sp³-hybridized carbons (Fsp3) is 0.455. The SMILES string of the molecule is Fc1cccc(CN2CC3CN(Cc4cccs4)CC3C2)c1.O=C(O)C(F)(F)F.O=C(O)C(F)(F)F. The predicted molar refractivity (Wildman–Crippen MR) is 116 cm³/mol. The molecular weight excluding hydrogens is 521 g/mol. The second-order valence-electron chi connectivity index (χ2n) is 8.22. The zero-order chi connectivity index (χ0) is 27.1. The lowest BCUT2D eigenvalue weighted by molar-refractivity contribution is -0.193. The fourth-order valence-electron chi connectivity index (χ4n) is 3.96. The van der Waals surface area contributed by atoms with Gasteiger partial charge in [0.05, 0.1) is 0 Å². The van der Waals surface area contributed by atoms with Crippen LogP contribution in [0.5, 0.6) is 0 Å². The molecule has 200 valence electrons. The molecule has 0 amide bonds. The van der Waals surface area contributed by atoms with Gasteiger partial charge in [-0.15, -0.1) is 11.3 Å². The van der Waals surface area contributed by atoms with E-state index in [4.69, 9.17) is 19.8 Å². The molecule has 4 rings (SSSR count). The minimum atomic E-state index is -5.08. The highest BCUT2D eigenvalue weighted by Crippen LogP contribution is 2.33. The number of thiophene rings is 1. The number of alkyl halides is 6. The Hall–Kier alpha value is -2.71. The maximum Gasteiger partial charge on any atom is 0.490 e. The summed E-state index contributed by atoms with van der Waals surface area (Å²) >= 11 is 1.85. The van der Waals surface area contributed by atoms with E-state index >= 15 is 0 Å². The van der Waals surface area contributed by atoms with Gasteiger partial charge in [-0.2, -0.15) is 26.3 Å². The van der Waals surface area contributed by atoms with Gasteiger partial charge in [0.1, 0.15) is 5.82 Å². The number of nitrogens with zero attached hydrogens (tertiary/aromatic N) is 2. The average molecular weight is 544 g/mol. The summed E-state index contributed by atoms with van der Waals surface area (Å²) < 4.78 is 76.8. The minimum absolute atomic E-state index is 0.126. The van der Waals surface area contributed by atoms with Gasteiger partial charge in [0, 0.05) is 44.1 Å². The molecule has 36 heavy (non-hydrogen) atoms. The molecule has 0 radical (unpaired) electrons. The van der Waals surface area contributed by atoms with Crippen molar-refractivity contribution in [2.75, 3.05) is 26.2 Å². The lowest BCUT2D eigenvalue weighted by Gasteiger charge is -2.21. The van der Waals surface area contributed by atoms with E-state index in [2.05, 4.69) is 27.3 Å². The summed E-state index contributed by atoms with van der Waals surface area (Å²) in [5.41, 5.74) is 1.09. The van der Waals surface area contributed by atoms with E-state index in [0.29, 0.717) is 0 Å². The second kappa shape index (κ2) is 12.5. The largest absolute Gasteiger partial charge is 0.490 e. The Morgan fingerprint density at radius 2 is 1.31 bits per heavy atom. The van der Waals surface area contributed by atoms with Crippen molar-refractivity contribution in [3.8, 4) is 0 Å². The van der Waals surface area contributed by atoms with E-state index in [-0.39, 0.29) is 5.82 Å². The van der Waals surface area contributed by atoms with Gasteiger partial charge in [0.15, 0.2) is 0 Å². The van der Waals surface area contributed by atoms with Crippen molar-refractivity contribution in [3.63, 3.8) is 0 Å². The van der Waals surface area contributed by atoms with Crippen LogP contribution in [-0.4, -0.2) is 70.5 Å². The summed E-state index contributed by atoms with van der Waals surface area (Å²) in [6.07, 6.45) is -10.2. The summed E-state index contributed by atoms with van der Waals surface area (Å²) in [5, 5.41) is 16.4. The lowest BCUT2D eigenvalue weighted by Crippen LogP contribution is -2.28. The first-order chi connectivity index (χ1) is 16.6. The molecular formula is C22H23F7N2O4S. The first-order valence-electron chi connectivity index (χ1n) is 10.5. The normalized spacial score (nSPS) is 20.1. The van der Waals surface area contributed by atoms with Crippen molar-refractivity contribution in [3.05, 3.63) is 58.0 Å². The maximum absolute atomic E-state index is 13.3. The van der Waals surface area contributed by atoms with Crippen molar-refractivity contribution >= 4 is 23.3 Å². The van der Waals surface area contributed by atoms with Crippen LogP contribution in [0, 0.1) is 17.7 Å². The number of aliphatic carboxylic acids is 2. The van der Waals surface area contributed by atoms with Crippen LogP contribution >= 0.6 is 11.3 Å². The Bertz CT molecular complexity index is 961. The van der Waals surface area contributed by atoms with Crippen molar-refractivity contribution in [1.82, 2.24) is 9.80 Å². The van der Waals surface area contributed by atoms with Gasteiger partial charge in [0.25, 0.3) is 0 Å². The number of fused-ring (bicyclic) bond motifs is 1. The summed E-state index contributed by atoms with van der Waals surface area (Å²) in [6, 6.07) is 11.4. The number of benzene rings is 1. The first kappa shape index (κ1) is 29.5. The molecule has 0 saturated carbocycles. The molecule has 0 aliphatic carbocycles. The number of carboxylic acid groups (broad SMARTS) is 2. The zero-order valence-electron chi connectivity index (χ0n) is 18.6. The van der Waals surface area contributed by atoms with E-state index in [0.717, 1.165) is 43.6 Å². The van der Waals surface area contributed by atoms with Crippen LogP contribution < -0.4 is 0 Å². The number of likely N-dealkylation sites (tertiary alicyclic amines) is 2. The van der Waals surface area contributed by atoms with Crippen LogP contribution in [0.25, 0.3) is 0 Å². The minimum Gasteiger partial charge on any atom is -0.475 e. The van der Waals surface area contributed by atoms with Crippen LogP contribution in [0.1, 0.15) is 10.4 Å². The third kappa shape index (κ3) is 9.74. The van der Waals surface area contributed by atoms with Crippen LogP contribution in [0.2, 0.25) is 0 Å². The van der Waals surface area contributed by atoms with Gasteiger partial charge in [-0.05, 0) is 41.0 Å². The van der Waals surface area contributed by atoms with E-state index in [1.165, 1.54) is 24.0 Å². The quantitative estimate of drug-likeness (QED) is 0.543. The van der Waals surface area contributed by atoms with Crippen molar-refractivity contribution in [1.29, 1.82) is 0 Å². The molecule has 2 aromatic rings. The Balaban J connectivity index is 0.000000271. The molecule has 2 aliphatic rings. The maximum atomic E-state index is 13.3. The third-order valence-corrected chi connectivity index (χ3v) is 6.24. The Kier molecular flexibility index (Phi) is 10.3. The molecule has 14 heteroatoms. The monoisotopic (exact) mass is 544 g/mol. The summed E-state index contributed by atoms with van der Waals surface area (Å²) in [6.45, 7) is 6.72. The van der Waals surface area contributed by atoms with Crippen LogP contribution in [0.4, 0.5) is 30.7 Å². The number of halogens is 7. The molecule has 2 saturated heterocycles. The first-order valence-corrected chi connectivity index (χ1v) is 11.3. The molecule has 2 fully saturated rings. The number of hydrogen-bond acceptors (Lipinski definition) is 5. The van der Waals surface area contributed by atoms with Crippen molar-refractivity contribution in [2.45, 2.75) is 25.4 Å². The molecule has 1 aromatic carbocycles. The van der Waals surface area contributed by atoms with Gasteiger partial charge in [-0.3, -0.25) is 9.80 Å². The second-order valence-corrected chi connectivity index (χ2v) is 9.26. The molecule has 2 aliphatic heterocycles. The molecule has 0 spiro atoms. The van der Waals surface area contributed by atoms with Gasteiger partial charge >= 0.3 is 24.3 Å². The molecule has 2 unspecified atom stereocenters. The highest BCUT2D eigenvalue weighted by atomic mass is 32.1. The third-order valence-electron chi connectivity index (χ3n) is 5.38. The van der Waals surface area contributed by atoms with E-state index < -0.39 is 24.3 Å². The Morgan fingerprint density at radius 3 is 1.69 bits per heavy atom. The van der Waals surface area contributed by atoms with E-state index in [1.807, 2.05) is 23.5 Å². The Morgan fingerprint density at radius 1 is 0.833 bits per heavy atom. The highest BCUT2D eigenvalue weighted by Gasteiger charge is 2.40. The standard InChI is InChI=1S/C18H21FN2S.2C2HF3O2/c19-17-4-1-3-14(7-17)8-20-9-15-11-21(12-16(15)10-20)13-18-5-2-6-22-18;2*3-2(4,5)1(6)7/h1-7,15-16H,8-13H2;2*(H,6,7). The van der Waals surface area contributed by atoms with Gasteiger partial charge in [-0.25, -0.2) is 14.0 Å². The van der Waals surface area contributed by atoms with E-state index in [1.54, 1.807) is 6.07 Å². The number of rotatable bonds is 4. The molecule has 2 atom stereocenters. The molecule has 2 N–H and O–H groups in total. The molecule has 6 nitrogen and oxygen atoms in total. The molecule has 0 bridgehead atoms. The topological polar surface area (TPSA) is 81.1 Å². The lowest BCUT2D eigenvalue weighted by atomic mass is 10.0. The fourth-order valence-corrected chi connectivity index (χ4v) is 4.71. The predicted octanol–water partition coefficient (Wildman–Crippen LogP) is 4.72. The van der Waals surface area contributed by atoms with Crippen LogP contribution in [0.3, 0.4) is 0 Å². The van der Waals surface area contributed by atoms with Crippen LogP contribution in [-0.2, 0) is 22.7 Å². The summed E-state index contributed by atoms with van der Waals surface area (Å²) in [5.74, 6) is -4.07. The van der Waals surface area contributed by atoms with Gasteiger partial charge < -0.3 is 10.2 Å². The van der Waals surface area contributed by atoms with Gasteiger partial charge in [0.2, 0.25) is 0 Å². The average Bonchev–Trinajstić information content (AvgIpc) is 3.45. The number of hydrogen-bond donors (Lipinski definition) is 2. The summed E-state index contributed by atoms with van der Waals surface area (Å²) in [4.78, 5) is 24.4. The van der Waals surface area contributed by atoms with Crippen molar-refractivity contribution in [2.24, 2.45) is 11.8 Å². The number of carboxylic acids is 2. The molecule has 1 aromatic heterocycles. The highest BCUT2D eigenvalue weighted by molar-refractivity contribution is 7.09. The van der Waals surface area contributed by atoms with E-state index in [9.17, 15) is 30.7 Å². The Labute approximate surface area is 205 Å².